The second-order valence-corrected chi connectivity index (χ2v) is 4.00. The number of benzene rings is 2. The minimum atomic E-state index is -0.693. The summed E-state index contributed by atoms with van der Waals surface area (Å²) in [7, 11) is 0. The monoisotopic (exact) mass is 257 g/mol. The van der Waals surface area contributed by atoms with Crippen molar-refractivity contribution in [1.29, 1.82) is 0 Å². The van der Waals surface area contributed by atoms with Gasteiger partial charge in [-0.05, 0) is 12.1 Å². The molecule has 0 saturated carbocycles. The highest BCUT2D eigenvalue weighted by molar-refractivity contribution is 5.63. The summed E-state index contributed by atoms with van der Waals surface area (Å²) in [6.07, 6.45) is 1.39. The summed E-state index contributed by atoms with van der Waals surface area (Å²) in [6, 6.07) is 12.9. The first-order valence-electron chi connectivity index (χ1n) is 5.71. The van der Waals surface area contributed by atoms with E-state index in [1.54, 1.807) is 0 Å². The average Bonchev–Trinajstić information content (AvgIpc) is 2.89. The molecule has 0 saturated heterocycles. The maximum atomic E-state index is 13.6. The van der Waals surface area contributed by atoms with Crippen LogP contribution in [0.3, 0.4) is 0 Å². The number of aromatic nitrogens is 1. The van der Waals surface area contributed by atoms with E-state index in [0.29, 0.717) is 5.69 Å². The Morgan fingerprint density at radius 1 is 0.842 bits per heavy atom. The molecule has 0 fully saturated rings. The predicted molar refractivity (Wildman–Crippen MR) is 67.3 cm³/mol. The van der Waals surface area contributed by atoms with Crippen LogP contribution in [-0.2, 0) is 0 Å². The van der Waals surface area contributed by atoms with Crippen LogP contribution in [0.1, 0.15) is 0 Å². The normalized spacial score (nSPS) is 10.6. The standard InChI is InChI=1S/C15H9F2NO/c16-11-7-4-8-12(17)14(11)15-18-13(9-19-15)10-5-2-1-3-6-10/h1-9H. The molecule has 4 heteroatoms. The SMILES string of the molecule is Fc1cccc(F)c1-c1nc(-c2ccccc2)co1. The first-order valence-corrected chi connectivity index (χ1v) is 5.71. The van der Waals surface area contributed by atoms with E-state index in [1.165, 1.54) is 24.5 Å². The number of hydrogen-bond donors (Lipinski definition) is 0. The van der Waals surface area contributed by atoms with Crippen LogP contribution in [0.4, 0.5) is 8.78 Å². The largest absolute Gasteiger partial charge is 0.444 e. The number of rotatable bonds is 2. The molecular formula is C15H9F2NO. The summed E-state index contributed by atoms with van der Waals surface area (Å²) in [5.74, 6) is -1.45. The van der Waals surface area contributed by atoms with Crippen molar-refractivity contribution in [2.75, 3.05) is 0 Å². The topological polar surface area (TPSA) is 26.0 Å². The maximum absolute atomic E-state index is 13.6. The van der Waals surface area contributed by atoms with E-state index in [-0.39, 0.29) is 11.5 Å². The van der Waals surface area contributed by atoms with Gasteiger partial charge in [0.25, 0.3) is 0 Å². The third-order valence-corrected chi connectivity index (χ3v) is 2.75. The molecule has 0 bridgehead atoms. The van der Waals surface area contributed by atoms with E-state index in [0.717, 1.165) is 5.56 Å². The van der Waals surface area contributed by atoms with Gasteiger partial charge in [0.1, 0.15) is 29.2 Å². The molecule has 3 rings (SSSR count). The first-order chi connectivity index (χ1) is 9.25. The van der Waals surface area contributed by atoms with Crippen LogP contribution in [0.5, 0.6) is 0 Å². The van der Waals surface area contributed by atoms with Crippen molar-refractivity contribution < 1.29 is 13.2 Å². The molecule has 0 aliphatic rings. The van der Waals surface area contributed by atoms with Gasteiger partial charge in [-0.1, -0.05) is 36.4 Å². The molecule has 1 heterocycles. The van der Waals surface area contributed by atoms with Gasteiger partial charge in [0.05, 0.1) is 0 Å². The highest BCUT2D eigenvalue weighted by Gasteiger charge is 2.16. The lowest BCUT2D eigenvalue weighted by Crippen LogP contribution is -1.89. The number of halogens is 2. The van der Waals surface area contributed by atoms with Gasteiger partial charge in [-0.25, -0.2) is 13.8 Å². The predicted octanol–water partition coefficient (Wildman–Crippen LogP) is 4.29. The molecule has 1 aromatic heterocycles. The van der Waals surface area contributed by atoms with Gasteiger partial charge in [-0.2, -0.15) is 0 Å². The van der Waals surface area contributed by atoms with E-state index in [2.05, 4.69) is 4.98 Å². The van der Waals surface area contributed by atoms with Gasteiger partial charge >= 0.3 is 0 Å². The van der Waals surface area contributed by atoms with E-state index < -0.39 is 11.6 Å². The molecule has 0 spiro atoms. The highest BCUT2D eigenvalue weighted by atomic mass is 19.1. The van der Waals surface area contributed by atoms with Crippen molar-refractivity contribution in [3.8, 4) is 22.7 Å². The third kappa shape index (κ3) is 2.12. The summed E-state index contributed by atoms with van der Waals surface area (Å²) in [6.45, 7) is 0. The van der Waals surface area contributed by atoms with Crippen LogP contribution in [0, 0.1) is 11.6 Å². The molecule has 0 unspecified atom stereocenters. The minimum absolute atomic E-state index is 0.0607. The van der Waals surface area contributed by atoms with Gasteiger partial charge in [-0.3, -0.25) is 0 Å². The zero-order valence-electron chi connectivity index (χ0n) is 9.81. The molecule has 19 heavy (non-hydrogen) atoms. The lowest BCUT2D eigenvalue weighted by atomic mass is 10.2. The fourth-order valence-corrected chi connectivity index (χ4v) is 1.83. The van der Waals surface area contributed by atoms with Crippen molar-refractivity contribution in [3.63, 3.8) is 0 Å². The lowest BCUT2D eigenvalue weighted by Gasteiger charge is -1.99. The smallest absolute Gasteiger partial charge is 0.232 e. The summed E-state index contributed by atoms with van der Waals surface area (Å²) in [4.78, 5) is 4.13. The van der Waals surface area contributed by atoms with Gasteiger partial charge in [0.15, 0.2) is 0 Å². The summed E-state index contributed by atoms with van der Waals surface area (Å²) >= 11 is 0. The molecule has 2 nitrogen and oxygen atoms in total. The second kappa shape index (κ2) is 4.65. The van der Waals surface area contributed by atoms with Gasteiger partial charge < -0.3 is 4.42 Å². The van der Waals surface area contributed by atoms with Crippen LogP contribution >= 0.6 is 0 Å². The Labute approximate surface area is 108 Å². The second-order valence-electron chi connectivity index (χ2n) is 4.00. The summed E-state index contributed by atoms with van der Waals surface area (Å²) < 4.78 is 32.4. The van der Waals surface area contributed by atoms with Crippen LogP contribution in [0.25, 0.3) is 22.7 Å². The van der Waals surface area contributed by atoms with E-state index >= 15 is 0 Å². The summed E-state index contributed by atoms with van der Waals surface area (Å²) in [5.41, 5.74) is 1.12. The van der Waals surface area contributed by atoms with E-state index in [4.69, 9.17) is 4.42 Å². The van der Waals surface area contributed by atoms with Crippen LogP contribution in [0.2, 0.25) is 0 Å². The molecule has 3 aromatic rings. The van der Waals surface area contributed by atoms with Crippen LogP contribution in [0.15, 0.2) is 59.2 Å². The van der Waals surface area contributed by atoms with Gasteiger partial charge in [-0.15, -0.1) is 0 Å². The van der Waals surface area contributed by atoms with Crippen LogP contribution in [-0.4, -0.2) is 4.98 Å². The van der Waals surface area contributed by atoms with Crippen molar-refractivity contribution in [2.24, 2.45) is 0 Å². The quantitative estimate of drug-likeness (QED) is 0.684. The molecule has 2 aromatic carbocycles. The molecular weight excluding hydrogens is 248 g/mol. The maximum Gasteiger partial charge on any atom is 0.232 e. The molecule has 0 aliphatic carbocycles. The molecule has 94 valence electrons. The van der Waals surface area contributed by atoms with Crippen molar-refractivity contribution >= 4 is 0 Å². The number of nitrogens with zero attached hydrogens (tertiary/aromatic N) is 1. The Morgan fingerprint density at radius 3 is 2.21 bits per heavy atom. The molecule has 0 N–H and O–H groups in total. The van der Waals surface area contributed by atoms with Crippen molar-refractivity contribution in [3.05, 3.63) is 66.4 Å². The zero-order chi connectivity index (χ0) is 13.2. The van der Waals surface area contributed by atoms with Gasteiger partial charge in [0, 0.05) is 5.56 Å². The van der Waals surface area contributed by atoms with Gasteiger partial charge in [0.2, 0.25) is 5.89 Å². The van der Waals surface area contributed by atoms with E-state index in [9.17, 15) is 8.78 Å². The molecule has 0 atom stereocenters. The fourth-order valence-electron chi connectivity index (χ4n) is 1.83. The molecule has 0 radical (unpaired) electrons. The molecule has 0 aliphatic heterocycles. The zero-order valence-corrected chi connectivity index (χ0v) is 9.81. The summed E-state index contributed by atoms with van der Waals surface area (Å²) in [5, 5.41) is 0. The molecule has 0 amide bonds. The fraction of sp³-hybridized carbons (Fsp3) is 0. The van der Waals surface area contributed by atoms with Crippen molar-refractivity contribution in [2.45, 2.75) is 0 Å². The highest BCUT2D eigenvalue weighted by Crippen LogP contribution is 2.28. The average molecular weight is 257 g/mol. The van der Waals surface area contributed by atoms with Crippen LogP contribution < -0.4 is 0 Å². The minimum Gasteiger partial charge on any atom is -0.444 e. The Hall–Kier alpha value is -2.49. The van der Waals surface area contributed by atoms with Crippen molar-refractivity contribution in [1.82, 2.24) is 4.98 Å². The third-order valence-electron chi connectivity index (χ3n) is 2.75. The number of hydrogen-bond acceptors (Lipinski definition) is 2. The Kier molecular flexibility index (Phi) is 2.83. The first kappa shape index (κ1) is 11.6. The Bertz CT molecular complexity index is 687. The Morgan fingerprint density at radius 2 is 1.53 bits per heavy atom. The lowest BCUT2D eigenvalue weighted by molar-refractivity contribution is 0.542. The Balaban J connectivity index is 2.07. The number of oxazole rings is 1. The van der Waals surface area contributed by atoms with E-state index in [1.807, 2.05) is 30.3 Å².